The zero-order chi connectivity index (χ0) is 25.5. The third-order valence-electron chi connectivity index (χ3n) is 8.67. The second kappa shape index (κ2) is 7.85. The molecule has 2 aromatic rings. The number of carbonyl (C=O) groups is 4. The fourth-order valence-electron chi connectivity index (χ4n) is 6.44. The van der Waals surface area contributed by atoms with Gasteiger partial charge in [0.25, 0.3) is 0 Å². The maximum Gasteiger partial charge on any atom is 0.241 e. The van der Waals surface area contributed by atoms with Crippen molar-refractivity contribution < 1.29 is 19.2 Å². The highest BCUT2D eigenvalue weighted by molar-refractivity contribution is 6.22. The molecule has 2 unspecified atom stereocenters. The summed E-state index contributed by atoms with van der Waals surface area (Å²) in [4.78, 5) is 57.3. The Hall–Kier alpha value is -3.80. The van der Waals surface area contributed by atoms with Crippen LogP contribution in [-0.2, 0) is 19.2 Å². The van der Waals surface area contributed by atoms with Crippen molar-refractivity contribution in [2.24, 2.45) is 35.5 Å². The topological polar surface area (TPSA) is 74.8 Å². The fourth-order valence-corrected chi connectivity index (χ4v) is 6.44. The molecule has 182 valence electrons. The summed E-state index contributed by atoms with van der Waals surface area (Å²) < 4.78 is 0. The number of hydrogen-bond acceptors (Lipinski definition) is 4. The predicted octanol–water partition coefficient (Wildman–Crippen LogP) is 4.20. The van der Waals surface area contributed by atoms with Gasteiger partial charge in [-0.1, -0.05) is 36.4 Å². The van der Waals surface area contributed by atoms with Crippen LogP contribution in [0.4, 0.5) is 11.4 Å². The average molecular weight is 481 g/mol. The minimum atomic E-state index is -0.559. The van der Waals surface area contributed by atoms with Gasteiger partial charge in [-0.05, 0) is 86.1 Å². The van der Waals surface area contributed by atoms with Gasteiger partial charge < -0.3 is 0 Å². The van der Waals surface area contributed by atoms with Gasteiger partial charge in [0.15, 0.2) is 0 Å². The van der Waals surface area contributed by atoms with Crippen LogP contribution in [0.2, 0.25) is 0 Å². The third-order valence-corrected chi connectivity index (χ3v) is 8.67. The Bertz CT molecular complexity index is 1260. The molecule has 4 aliphatic rings. The molecule has 0 radical (unpaired) electrons. The zero-order valence-corrected chi connectivity index (χ0v) is 20.8. The lowest BCUT2D eigenvalue weighted by atomic mass is 9.55. The molecule has 36 heavy (non-hydrogen) atoms. The molecule has 6 rings (SSSR count). The molecule has 6 nitrogen and oxygen atoms in total. The standard InChI is InChI=1S/C30H28N2O4/c1-15-5-7-19(13-17(15)3)31-27(33)21-9-11-23-26-24(12-10-22(25(21)26)28(31)34)30(36)32(29(23)35)20-8-6-16(2)18(4)14-20/h5-14,21-26H,1-4H3/t21-,22+,23-,24+,25?,26?. The first-order chi connectivity index (χ1) is 17.2. The number of benzene rings is 2. The maximum absolute atomic E-state index is 13.7. The van der Waals surface area contributed by atoms with Gasteiger partial charge in [0.1, 0.15) is 0 Å². The van der Waals surface area contributed by atoms with E-state index in [1.807, 2.05) is 52.0 Å². The summed E-state index contributed by atoms with van der Waals surface area (Å²) in [6, 6.07) is 11.2. The van der Waals surface area contributed by atoms with E-state index in [-0.39, 0.29) is 23.6 Å². The third kappa shape index (κ3) is 3.03. The van der Waals surface area contributed by atoms with Crippen LogP contribution in [0.5, 0.6) is 0 Å². The molecule has 2 aromatic carbocycles. The monoisotopic (exact) mass is 480 g/mol. The first-order valence-corrected chi connectivity index (χ1v) is 12.5. The first-order valence-electron chi connectivity index (χ1n) is 12.5. The predicted molar refractivity (Wildman–Crippen MR) is 136 cm³/mol. The van der Waals surface area contributed by atoms with Crippen LogP contribution < -0.4 is 9.80 Å². The quantitative estimate of drug-likeness (QED) is 0.477. The van der Waals surface area contributed by atoms with E-state index in [4.69, 9.17) is 0 Å². The van der Waals surface area contributed by atoms with Gasteiger partial charge in [-0.2, -0.15) is 0 Å². The Labute approximate surface area is 210 Å². The fraction of sp³-hybridized carbons (Fsp3) is 0.333. The summed E-state index contributed by atoms with van der Waals surface area (Å²) in [6.45, 7) is 7.89. The van der Waals surface area contributed by atoms with E-state index in [9.17, 15) is 19.2 Å². The van der Waals surface area contributed by atoms with Gasteiger partial charge in [-0.3, -0.25) is 19.2 Å². The molecular formula is C30H28N2O4. The number of carbonyl (C=O) groups excluding carboxylic acids is 4. The van der Waals surface area contributed by atoms with Crippen LogP contribution in [0.1, 0.15) is 22.3 Å². The number of aryl methyl sites for hydroxylation is 4. The molecule has 2 aliphatic heterocycles. The van der Waals surface area contributed by atoms with E-state index in [2.05, 4.69) is 0 Å². The van der Waals surface area contributed by atoms with Crippen molar-refractivity contribution in [1.82, 2.24) is 0 Å². The molecule has 2 saturated heterocycles. The number of nitrogens with zero attached hydrogens (tertiary/aromatic N) is 2. The molecule has 6 atom stereocenters. The molecule has 2 heterocycles. The normalized spacial score (nSPS) is 30.7. The van der Waals surface area contributed by atoms with E-state index in [1.165, 1.54) is 9.80 Å². The number of hydrogen-bond donors (Lipinski definition) is 0. The highest BCUT2D eigenvalue weighted by Crippen LogP contribution is 2.53. The molecule has 0 spiro atoms. The molecule has 0 N–H and O–H groups in total. The van der Waals surface area contributed by atoms with Crippen molar-refractivity contribution in [2.45, 2.75) is 27.7 Å². The van der Waals surface area contributed by atoms with E-state index >= 15 is 0 Å². The van der Waals surface area contributed by atoms with Crippen molar-refractivity contribution in [1.29, 1.82) is 0 Å². The van der Waals surface area contributed by atoms with Crippen LogP contribution in [0.25, 0.3) is 0 Å². The van der Waals surface area contributed by atoms with Crippen molar-refractivity contribution in [3.8, 4) is 0 Å². The lowest BCUT2D eigenvalue weighted by Gasteiger charge is -2.53. The van der Waals surface area contributed by atoms with Crippen LogP contribution in [-0.4, -0.2) is 23.6 Å². The van der Waals surface area contributed by atoms with Crippen molar-refractivity contribution in [3.63, 3.8) is 0 Å². The SMILES string of the molecule is Cc1ccc(N2C(=O)[C@H]3C=C[C@@H]4C(=O)N(c5ccc(C)c(C)c5)C(=O)[C@@H]5C=C[C@@H](C2=O)C3C45)cc1C. The molecule has 2 aliphatic carbocycles. The summed E-state index contributed by atoms with van der Waals surface area (Å²) in [6.07, 6.45) is 7.18. The number of anilines is 2. The van der Waals surface area contributed by atoms with E-state index in [0.717, 1.165) is 22.3 Å². The summed E-state index contributed by atoms with van der Waals surface area (Å²) in [5.74, 6) is -4.20. The van der Waals surface area contributed by atoms with Crippen LogP contribution >= 0.6 is 0 Å². The average Bonchev–Trinajstić information content (AvgIpc) is 2.85. The second-order valence-electron chi connectivity index (χ2n) is 10.6. The molecule has 6 heteroatoms. The van der Waals surface area contributed by atoms with Crippen LogP contribution in [0, 0.1) is 63.2 Å². The summed E-state index contributed by atoms with van der Waals surface area (Å²) in [5.41, 5.74) is 5.31. The Kier molecular flexibility index (Phi) is 4.94. The lowest BCUT2D eigenvalue weighted by Crippen LogP contribution is -2.64. The van der Waals surface area contributed by atoms with Crippen molar-refractivity contribution >= 4 is 35.0 Å². The number of amides is 4. The number of piperidine rings is 2. The molecule has 0 saturated carbocycles. The molecule has 0 bridgehead atoms. The molecule has 0 aromatic heterocycles. The summed E-state index contributed by atoms with van der Waals surface area (Å²) in [7, 11) is 0. The van der Waals surface area contributed by atoms with E-state index < -0.39 is 35.5 Å². The van der Waals surface area contributed by atoms with Gasteiger partial charge in [-0.15, -0.1) is 0 Å². The Balaban J connectivity index is 1.42. The molecule has 2 fully saturated rings. The molecule has 4 amide bonds. The summed E-state index contributed by atoms with van der Waals surface area (Å²) in [5, 5.41) is 0. The number of imide groups is 2. The minimum Gasteiger partial charge on any atom is -0.273 e. The molecular weight excluding hydrogens is 452 g/mol. The highest BCUT2D eigenvalue weighted by Gasteiger charge is 2.60. The summed E-state index contributed by atoms with van der Waals surface area (Å²) >= 11 is 0. The lowest BCUT2D eigenvalue weighted by molar-refractivity contribution is -0.148. The number of rotatable bonds is 2. The van der Waals surface area contributed by atoms with E-state index in [0.29, 0.717) is 11.4 Å². The minimum absolute atomic E-state index is 0.287. The van der Waals surface area contributed by atoms with E-state index in [1.54, 1.807) is 36.4 Å². The Morgan fingerprint density at radius 2 is 0.778 bits per heavy atom. The highest BCUT2D eigenvalue weighted by atomic mass is 16.2. The maximum atomic E-state index is 13.7. The van der Waals surface area contributed by atoms with Crippen LogP contribution in [0.3, 0.4) is 0 Å². The van der Waals surface area contributed by atoms with Gasteiger partial charge in [0, 0.05) is 0 Å². The van der Waals surface area contributed by atoms with Crippen molar-refractivity contribution in [2.75, 3.05) is 9.80 Å². The Morgan fingerprint density at radius 3 is 1.06 bits per heavy atom. The zero-order valence-electron chi connectivity index (χ0n) is 20.8. The smallest absolute Gasteiger partial charge is 0.241 e. The van der Waals surface area contributed by atoms with Gasteiger partial charge in [0.05, 0.1) is 35.0 Å². The van der Waals surface area contributed by atoms with Crippen LogP contribution in [0.15, 0.2) is 60.7 Å². The largest absolute Gasteiger partial charge is 0.273 e. The second-order valence-corrected chi connectivity index (χ2v) is 10.6. The first kappa shape index (κ1) is 22.7. The van der Waals surface area contributed by atoms with Crippen molar-refractivity contribution in [3.05, 3.63) is 83.0 Å². The Morgan fingerprint density at radius 1 is 0.472 bits per heavy atom. The van der Waals surface area contributed by atoms with Gasteiger partial charge in [-0.25, -0.2) is 9.80 Å². The van der Waals surface area contributed by atoms with Gasteiger partial charge >= 0.3 is 0 Å². The van der Waals surface area contributed by atoms with Gasteiger partial charge in [0.2, 0.25) is 23.6 Å².